The minimum atomic E-state index is -0.242. The Balaban J connectivity index is 1.19. The summed E-state index contributed by atoms with van der Waals surface area (Å²) in [5, 5.41) is 0. The minimum Gasteiger partial charge on any atom is -0.312 e. The molecular weight excluding hydrogens is 785 g/mol. The van der Waals surface area contributed by atoms with E-state index in [-0.39, 0.29) is 19.2 Å². The van der Waals surface area contributed by atoms with E-state index in [0.29, 0.717) is 23.4 Å². The summed E-state index contributed by atoms with van der Waals surface area (Å²) in [6.07, 6.45) is 0. The molecule has 0 aliphatic carbocycles. The molecule has 0 saturated heterocycles. The van der Waals surface area contributed by atoms with Crippen LogP contribution < -0.4 is 42.6 Å². The van der Waals surface area contributed by atoms with E-state index in [9.17, 15) is 0 Å². The Kier molecular flexibility index (Phi) is 8.79. The molecule has 0 bridgehead atoms. The quantitative estimate of drug-likeness (QED) is 0.154. The maximum atomic E-state index is 17.5. The molecule has 4 aliphatic rings. The number of rotatable bonds is 6. The molecule has 6 heteroatoms. The van der Waals surface area contributed by atoms with E-state index in [4.69, 9.17) is 0 Å². The molecule has 2 nitrogen and oxygen atoms in total. The van der Waals surface area contributed by atoms with Gasteiger partial charge in [-0.05, 0) is 115 Å². The van der Waals surface area contributed by atoms with E-state index in [1.807, 2.05) is 23.9 Å². The van der Waals surface area contributed by atoms with Crippen LogP contribution in [0, 0.1) is 5.82 Å². The van der Waals surface area contributed by atoms with Crippen molar-refractivity contribution in [1.29, 1.82) is 0 Å². The molecule has 0 atom stereocenters. The first-order chi connectivity index (χ1) is 30.7. The van der Waals surface area contributed by atoms with E-state index in [0.717, 1.165) is 33.6 Å². The average molecular weight is 833 g/mol. The van der Waals surface area contributed by atoms with Crippen LogP contribution in [0.15, 0.2) is 168 Å². The second kappa shape index (κ2) is 14.4. The first-order valence-electron chi connectivity index (χ1n) is 22.6. The standard InChI is InChI=1S/C57H47B2FN2S/c1-33(2)39-23-26-48-44(29-39)58-43-16-10-11-18-52(43)63-53-32-51-54-57(55(53)58)61(48)49-27-24-40(34(3)4)30-45(49)59(54)46-31-41(35(5)6)25-28-50(46)62(51)56-42(15-12-17-47(56)60)38-21-19-37(20-22-38)36-13-8-7-9-14-36/h7-35H,1-6H3. The summed E-state index contributed by atoms with van der Waals surface area (Å²) in [6.45, 7) is 13.7. The molecule has 0 fully saturated rings. The van der Waals surface area contributed by atoms with E-state index >= 15 is 4.39 Å². The van der Waals surface area contributed by atoms with Crippen LogP contribution in [0.4, 0.5) is 38.5 Å². The third kappa shape index (κ3) is 5.73. The normalized spacial score (nSPS) is 13.9. The van der Waals surface area contributed by atoms with Crippen LogP contribution in [0.2, 0.25) is 0 Å². The van der Waals surface area contributed by atoms with Crippen molar-refractivity contribution in [1.82, 2.24) is 0 Å². The highest BCUT2D eigenvalue weighted by Gasteiger charge is 2.51. The van der Waals surface area contributed by atoms with Gasteiger partial charge in [0.15, 0.2) is 0 Å². The van der Waals surface area contributed by atoms with Crippen molar-refractivity contribution < 1.29 is 4.39 Å². The predicted molar refractivity (Wildman–Crippen MR) is 269 cm³/mol. The summed E-state index contributed by atoms with van der Waals surface area (Å²) in [6, 6.07) is 57.5. The van der Waals surface area contributed by atoms with Gasteiger partial charge in [-0.3, -0.25) is 0 Å². The Hall–Kier alpha value is -6.23. The van der Waals surface area contributed by atoms with Gasteiger partial charge in [0.25, 0.3) is 6.71 Å². The van der Waals surface area contributed by atoms with Gasteiger partial charge < -0.3 is 9.80 Å². The predicted octanol–water partition coefficient (Wildman–Crippen LogP) is 11.9. The number of para-hydroxylation sites is 1. The third-order valence-electron chi connectivity index (χ3n) is 14.1. The molecule has 8 aromatic rings. The van der Waals surface area contributed by atoms with Crippen LogP contribution in [0.5, 0.6) is 0 Å². The molecule has 0 unspecified atom stereocenters. The molecule has 4 aliphatic heterocycles. The summed E-state index contributed by atoms with van der Waals surface area (Å²) in [5.74, 6) is 0.826. The van der Waals surface area contributed by atoms with Gasteiger partial charge in [-0.2, -0.15) is 0 Å². The van der Waals surface area contributed by atoms with Crippen molar-refractivity contribution in [2.75, 3.05) is 9.80 Å². The van der Waals surface area contributed by atoms with Gasteiger partial charge in [-0.25, -0.2) is 4.39 Å². The van der Waals surface area contributed by atoms with Crippen molar-refractivity contribution in [2.45, 2.75) is 69.1 Å². The highest BCUT2D eigenvalue weighted by Crippen LogP contribution is 2.51. The Morgan fingerprint density at radius 1 is 0.413 bits per heavy atom. The fourth-order valence-electron chi connectivity index (χ4n) is 10.9. The minimum absolute atomic E-state index is 0.0591. The van der Waals surface area contributed by atoms with Crippen LogP contribution >= 0.6 is 11.8 Å². The van der Waals surface area contributed by atoms with Crippen molar-refractivity contribution >= 4 is 92.1 Å². The van der Waals surface area contributed by atoms with E-state index in [1.54, 1.807) is 6.07 Å². The lowest BCUT2D eigenvalue weighted by molar-refractivity contribution is 0.629. The monoisotopic (exact) mass is 832 g/mol. The second-order valence-corrected chi connectivity index (χ2v) is 19.8. The summed E-state index contributed by atoms with van der Waals surface area (Å²) in [4.78, 5) is 7.40. The molecule has 0 radical (unpaired) electrons. The fourth-order valence-corrected chi connectivity index (χ4v) is 12.1. The second-order valence-electron chi connectivity index (χ2n) is 18.7. The number of halogens is 1. The Morgan fingerprint density at radius 2 is 0.921 bits per heavy atom. The lowest BCUT2D eigenvalue weighted by Crippen LogP contribution is -2.68. The van der Waals surface area contributed by atoms with Crippen LogP contribution in [0.25, 0.3) is 22.3 Å². The van der Waals surface area contributed by atoms with Gasteiger partial charge in [0, 0.05) is 43.8 Å². The molecular formula is C57H47B2FN2S. The van der Waals surface area contributed by atoms with Crippen LogP contribution in [0.3, 0.4) is 0 Å². The SMILES string of the molecule is CC(C)c1ccc2c(c1)B1c3cc(C(C)C)ccc3N3c4ccc(C(C)C)cc4B4c5ccccc5Sc5cc(c1c3c54)N2c1c(F)cccc1-c1ccc(-c2ccccc2)cc1. The number of hydrogen-bond donors (Lipinski definition) is 0. The maximum Gasteiger partial charge on any atom is 0.252 e. The molecule has 304 valence electrons. The van der Waals surface area contributed by atoms with Crippen LogP contribution in [0.1, 0.15) is 76.0 Å². The average Bonchev–Trinajstić information content (AvgIpc) is 3.30. The summed E-state index contributed by atoms with van der Waals surface area (Å²) >= 11 is 1.86. The fraction of sp³-hybridized carbons (Fsp3) is 0.158. The summed E-state index contributed by atoms with van der Waals surface area (Å²) in [7, 11) is 0. The molecule has 63 heavy (non-hydrogen) atoms. The molecule has 4 heterocycles. The first-order valence-corrected chi connectivity index (χ1v) is 23.4. The number of nitrogens with zero attached hydrogens (tertiary/aromatic N) is 2. The highest BCUT2D eigenvalue weighted by molar-refractivity contribution is 8.00. The number of benzene rings is 8. The van der Waals surface area contributed by atoms with Gasteiger partial charge in [-0.1, -0.05) is 180 Å². The molecule has 0 spiro atoms. The zero-order chi connectivity index (χ0) is 42.8. The van der Waals surface area contributed by atoms with E-state index < -0.39 is 0 Å². The number of fused-ring (bicyclic) bond motifs is 10. The third-order valence-corrected chi connectivity index (χ3v) is 15.3. The van der Waals surface area contributed by atoms with Gasteiger partial charge in [0.2, 0.25) is 6.71 Å². The molecule has 0 saturated carbocycles. The maximum absolute atomic E-state index is 17.5. The molecule has 8 aromatic carbocycles. The van der Waals surface area contributed by atoms with Crippen LogP contribution in [-0.2, 0) is 0 Å². The van der Waals surface area contributed by atoms with Gasteiger partial charge in [-0.15, -0.1) is 0 Å². The molecule has 0 amide bonds. The molecule has 0 aromatic heterocycles. The number of hydrogen-bond acceptors (Lipinski definition) is 3. The Bertz CT molecular complexity index is 3180. The summed E-state index contributed by atoms with van der Waals surface area (Å²) in [5.41, 5.74) is 22.3. The highest BCUT2D eigenvalue weighted by atomic mass is 32.2. The molecule has 0 N–H and O–H groups in total. The van der Waals surface area contributed by atoms with Crippen molar-refractivity contribution in [3.8, 4) is 22.3 Å². The lowest BCUT2D eigenvalue weighted by Gasteiger charge is -2.50. The van der Waals surface area contributed by atoms with Gasteiger partial charge in [0.1, 0.15) is 5.82 Å². The van der Waals surface area contributed by atoms with Crippen LogP contribution in [-0.4, -0.2) is 13.4 Å². The van der Waals surface area contributed by atoms with Gasteiger partial charge >= 0.3 is 0 Å². The Labute approximate surface area is 376 Å². The summed E-state index contributed by atoms with van der Waals surface area (Å²) < 4.78 is 17.5. The number of anilines is 6. The first kappa shape index (κ1) is 38.4. The smallest absolute Gasteiger partial charge is 0.252 e. The zero-order valence-electron chi connectivity index (χ0n) is 36.6. The topological polar surface area (TPSA) is 6.48 Å². The van der Waals surface area contributed by atoms with E-state index in [2.05, 4.69) is 191 Å². The Morgan fingerprint density at radius 3 is 1.51 bits per heavy atom. The van der Waals surface area contributed by atoms with Crippen molar-refractivity contribution in [2.24, 2.45) is 0 Å². The van der Waals surface area contributed by atoms with Crippen molar-refractivity contribution in [3.63, 3.8) is 0 Å². The van der Waals surface area contributed by atoms with Gasteiger partial charge in [0.05, 0.1) is 5.69 Å². The van der Waals surface area contributed by atoms with Crippen molar-refractivity contribution in [3.05, 3.63) is 180 Å². The largest absolute Gasteiger partial charge is 0.312 e. The zero-order valence-corrected chi connectivity index (χ0v) is 37.4. The molecule has 12 rings (SSSR count). The lowest BCUT2D eigenvalue weighted by atomic mass is 9.29. The van der Waals surface area contributed by atoms with E-state index in [1.165, 1.54) is 76.3 Å².